The van der Waals surface area contributed by atoms with Crippen LogP contribution in [-0.4, -0.2) is 31.2 Å². The van der Waals surface area contributed by atoms with Gasteiger partial charge in [-0.05, 0) is 19.3 Å². The maximum Gasteiger partial charge on any atom is 0.322 e. The van der Waals surface area contributed by atoms with Crippen molar-refractivity contribution in [2.24, 2.45) is 11.5 Å². The fourth-order valence-corrected chi connectivity index (χ4v) is 0.961. The first kappa shape index (κ1) is 13.7. The number of primary amides is 1. The molecule has 88 valence electrons. The molecule has 0 aromatic carbocycles. The van der Waals surface area contributed by atoms with E-state index in [-0.39, 0.29) is 0 Å². The predicted octanol–water partition coefficient (Wildman–Crippen LogP) is -0.285. The molecule has 6 heteroatoms. The van der Waals surface area contributed by atoms with Gasteiger partial charge in [0.15, 0.2) is 0 Å². The van der Waals surface area contributed by atoms with E-state index in [4.69, 9.17) is 16.2 Å². The zero-order valence-corrected chi connectivity index (χ0v) is 8.99. The Morgan fingerprint density at radius 1 is 1.47 bits per heavy atom. The molecule has 0 fully saturated rings. The van der Waals surface area contributed by atoms with Gasteiger partial charge >= 0.3 is 12.0 Å². The molecule has 0 aromatic rings. The van der Waals surface area contributed by atoms with Gasteiger partial charge in [0.25, 0.3) is 0 Å². The number of ether oxygens (including phenoxy) is 1. The summed E-state index contributed by atoms with van der Waals surface area (Å²) >= 11 is 0. The number of nitrogens with one attached hydrogen (secondary N) is 1. The highest BCUT2D eigenvalue weighted by Crippen LogP contribution is 1.96. The van der Waals surface area contributed by atoms with Gasteiger partial charge in [-0.2, -0.15) is 0 Å². The lowest BCUT2D eigenvalue weighted by molar-refractivity contribution is -0.145. The average molecular weight is 217 g/mol. The Morgan fingerprint density at radius 3 is 2.67 bits per heavy atom. The van der Waals surface area contributed by atoms with E-state index >= 15 is 0 Å². The highest BCUT2D eigenvalue weighted by Gasteiger charge is 2.13. The Hall–Kier alpha value is -1.30. The second kappa shape index (κ2) is 8.05. The van der Waals surface area contributed by atoms with E-state index in [1.54, 1.807) is 0 Å². The first-order valence-corrected chi connectivity index (χ1v) is 5.03. The van der Waals surface area contributed by atoms with Gasteiger partial charge < -0.3 is 21.5 Å². The van der Waals surface area contributed by atoms with Crippen molar-refractivity contribution in [2.45, 2.75) is 32.2 Å². The Labute approximate surface area is 89.3 Å². The minimum absolute atomic E-state index is 0.393. The molecule has 0 saturated carbocycles. The van der Waals surface area contributed by atoms with E-state index in [0.29, 0.717) is 26.0 Å². The normalized spacial score (nSPS) is 11.9. The molecule has 0 saturated heterocycles. The first-order valence-electron chi connectivity index (χ1n) is 5.03. The Kier molecular flexibility index (Phi) is 7.35. The first-order chi connectivity index (χ1) is 7.07. The van der Waals surface area contributed by atoms with Crippen LogP contribution in [0.25, 0.3) is 0 Å². The van der Waals surface area contributed by atoms with Crippen LogP contribution in [0.4, 0.5) is 4.79 Å². The summed E-state index contributed by atoms with van der Waals surface area (Å²) in [5.41, 5.74) is 10.4. The Balaban J connectivity index is 3.50. The van der Waals surface area contributed by atoms with Gasteiger partial charge in [0.05, 0.1) is 6.61 Å². The van der Waals surface area contributed by atoms with Crippen molar-refractivity contribution in [1.82, 2.24) is 5.32 Å². The monoisotopic (exact) mass is 217 g/mol. The number of hydrogen-bond donors (Lipinski definition) is 3. The van der Waals surface area contributed by atoms with Crippen molar-refractivity contribution in [3.63, 3.8) is 0 Å². The molecule has 2 amide bonds. The number of carbonyl (C=O) groups is 2. The van der Waals surface area contributed by atoms with Crippen molar-refractivity contribution in [2.75, 3.05) is 13.2 Å². The summed E-state index contributed by atoms with van der Waals surface area (Å²) in [6.07, 6.45) is 1.86. The summed E-state index contributed by atoms with van der Waals surface area (Å²) in [7, 11) is 0. The van der Waals surface area contributed by atoms with Crippen molar-refractivity contribution < 1.29 is 14.3 Å². The summed E-state index contributed by atoms with van der Waals surface area (Å²) in [6, 6.07) is -1.19. The van der Waals surface area contributed by atoms with Crippen molar-refractivity contribution in [3.05, 3.63) is 0 Å². The van der Waals surface area contributed by atoms with Gasteiger partial charge in [0, 0.05) is 6.54 Å². The number of hydrogen-bond acceptors (Lipinski definition) is 4. The highest BCUT2D eigenvalue weighted by molar-refractivity contribution is 5.75. The lowest BCUT2D eigenvalue weighted by Gasteiger charge is -2.10. The van der Waals surface area contributed by atoms with Crippen LogP contribution in [0.2, 0.25) is 0 Å². The Bertz CT molecular complexity index is 209. The number of amides is 2. The summed E-state index contributed by atoms with van der Waals surface area (Å²) in [5, 5.41) is 2.41. The molecule has 1 atom stereocenters. The SMILES string of the molecule is CCCOC(=O)[C@@H](N)CCCNC(N)=O. The third kappa shape index (κ3) is 7.75. The topological polar surface area (TPSA) is 107 Å². The van der Waals surface area contributed by atoms with Crippen molar-refractivity contribution in [1.29, 1.82) is 0 Å². The van der Waals surface area contributed by atoms with Crippen LogP contribution in [0, 0.1) is 0 Å². The molecule has 0 aliphatic carbocycles. The van der Waals surface area contributed by atoms with Crippen LogP contribution in [0.3, 0.4) is 0 Å². The minimum Gasteiger partial charge on any atom is -0.465 e. The zero-order valence-electron chi connectivity index (χ0n) is 8.99. The van der Waals surface area contributed by atoms with Crippen LogP contribution >= 0.6 is 0 Å². The molecule has 5 N–H and O–H groups in total. The fraction of sp³-hybridized carbons (Fsp3) is 0.778. The number of nitrogens with two attached hydrogens (primary N) is 2. The molecule has 0 radical (unpaired) electrons. The molecule has 0 aromatic heterocycles. The summed E-state index contributed by atoms with van der Waals surface area (Å²) in [6.45, 7) is 2.73. The van der Waals surface area contributed by atoms with E-state index in [2.05, 4.69) is 5.32 Å². The summed E-state index contributed by atoms with van der Waals surface area (Å²) < 4.78 is 4.86. The van der Waals surface area contributed by atoms with Gasteiger partial charge in [-0.1, -0.05) is 6.92 Å². The zero-order chi connectivity index (χ0) is 11.7. The van der Waals surface area contributed by atoms with Crippen LogP contribution in [0.1, 0.15) is 26.2 Å². The summed E-state index contributed by atoms with van der Waals surface area (Å²) in [5.74, 6) is -0.393. The van der Waals surface area contributed by atoms with Gasteiger partial charge in [0.2, 0.25) is 0 Å². The number of carbonyl (C=O) groups excluding carboxylic acids is 2. The van der Waals surface area contributed by atoms with Crippen LogP contribution < -0.4 is 16.8 Å². The second-order valence-corrected chi connectivity index (χ2v) is 3.21. The molecule has 0 heterocycles. The van der Waals surface area contributed by atoms with Crippen LogP contribution in [0.5, 0.6) is 0 Å². The maximum absolute atomic E-state index is 11.2. The third-order valence-corrected chi connectivity index (χ3v) is 1.74. The number of rotatable bonds is 7. The molecular formula is C9H19N3O3. The molecule has 0 aliphatic rings. The van der Waals surface area contributed by atoms with Gasteiger partial charge in [-0.25, -0.2) is 4.79 Å². The largest absolute Gasteiger partial charge is 0.465 e. The van der Waals surface area contributed by atoms with Gasteiger partial charge in [-0.3, -0.25) is 4.79 Å². The second-order valence-electron chi connectivity index (χ2n) is 3.21. The Morgan fingerprint density at radius 2 is 2.13 bits per heavy atom. The fourth-order valence-electron chi connectivity index (χ4n) is 0.961. The number of urea groups is 1. The lowest BCUT2D eigenvalue weighted by atomic mass is 10.2. The smallest absolute Gasteiger partial charge is 0.322 e. The quantitative estimate of drug-likeness (QED) is 0.402. The third-order valence-electron chi connectivity index (χ3n) is 1.74. The van der Waals surface area contributed by atoms with E-state index in [9.17, 15) is 9.59 Å². The molecule has 0 bridgehead atoms. The average Bonchev–Trinajstić information content (AvgIpc) is 2.20. The van der Waals surface area contributed by atoms with E-state index in [0.717, 1.165) is 6.42 Å². The number of esters is 1. The van der Waals surface area contributed by atoms with Crippen LogP contribution in [-0.2, 0) is 9.53 Å². The standard InChI is InChI=1S/C9H19N3O3/c1-2-6-15-8(13)7(10)4-3-5-12-9(11)14/h7H,2-6,10H2,1H3,(H3,11,12,14)/t7-/m0/s1. The molecule has 0 rings (SSSR count). The summed E-state index contributed by atoms with van der Waals surface area (Å²) in [4.78, 5) is 21.5. The van der Waals surface area contributed by atoms with E-state index in [1.165, 1.54) is 0 Å². The molecule has 6 nitrogen and oxygen atoms in total. The van der Waals surface area contributed by atoms with Crippen LogP contribution in [0.15, 0.2) is 0 Å². The lowest BCUT2D eigenvalue weighted by Crippen LogP contribution is -2.35. The molecule has 0 spiro atoms. The predicted molar refractivity (Wildman–Crippen MR) is 56.0 cm³/mol. The van der Waals surface area contributed by atoms with Crippen molar-refractivity contribution in [3.8, 4) is 0 Å². The molecule has 15 heavy (non-hydrogen) atoms. The highest BCUT2D eigenvalue weighted by atomic mass is 16.5. The van der Waals surface area contributed by atoms with Gasteiger partial charge in [0.1, 0.15) is 6.04 Å². The molecular weight excluding hydrogens is 198 g/mol. The van der Waals surface area contributed by atoms with E-state index in [1.807, 2.05) is 6.92 Å². The van der Waals surface area contributed by atoms with E-state index < -0.39 is 18.0 Å². The maximum atomic E-state index is 11.2. The molecule has 0 unspecified atom stereocenters. The van der Waals surface area contributed by atoms with Gasteiger partial charge in [-0.15, -0.1) is 0 Å². The minimum atomic E-state index is -0.619. The van der Waals surface area contributed by atoms with Crippen molar-refractivity contribution >= 4 is 12.0 Å². The molecule has 0 aliphatic heterocycles.